The Morgan fingerprint density at radius 3 is 2.57 bits per heavy atom. The van der Waals surface area contributed by atoms with Crippen molar-refractivity contribution < 1.29 is 9.90 Å². The first-order valence-electron chi connectivity index (χ1n) is 12.2. The Labute approximate surface area is 217 Å². The molecule has 1 aromatic carbocycles. The third kappa shape index (κ3) is 6.21. The van der Waals surface area contributed by atoms with E-state index < -0.39 is 11.3 Å². The second-order valence-corrected chi connectivity index (χ2v) is 10.3. The summed E-state index contributed by atoms with van der Waals surface area (Å²) in [6, 6.07) is 9.17. The fourth-order valence-electron chi connectivity index (χ4n) is 3.82. The summed E-state index contributed by atoms with van der Waals surface area (Å²) in [5.41, 5.74) is 8.73. The van der Waals surface area contributed by atoms with Crippen molar-refractivity contribution in [1.29, 1.82) is 0 Å². The molecule has 0 aliphatic carbocycles. The van der Waals surface area contributed by atoms with E-state index in [1.807, 2.05) is 45.9 Å². The molecule has 1 aliphatic heterocycles. The fourth-order valence-corrected chi connectivity index (χ4v) is 3.82. The molecule has 0 radical (unpaired) electrons. The molecule has 37 heavy (non-hydrogen) atoms. The smallest absolute Gasteiger partial charge is 0.279 e. The summed E-state index contributed by atoms with van der Waals surface area (Å²) < 4.78 is 0. The van der Waals surface area contributed by atoms with Crippen LogP contribution in [0.4, 0.5) is 17.3 Å². The summed E-state index contributed by atoms with van der Waals surface area (Å²) >= 11 is 0. The Bertz CT molecular complexity index is 1370. The monoisotopic (exact) mass is 502 g/mol. The third-order valence-electron chi connectivity index (χ3n) is 6.32. The highest BCUT2D eigenvalue weighted by molar-refractivity contribution is 6.07. The van der Waals surface area contributed by atoms with Crippen LogP contribution in [-0.4, -0.2) is 69.9 Å². The number of pyridine rings is 1. The lowest BCUT2D eigenvalue weighted by Crippen LogP contribution is -2.44. The average Bonchev–Trinajstić information content (AvgIpc) is 2.85. The molecule has 1 amide bonds. The number of rotatable bonds is 5. The minimum absolute atomic E-state index is 0.0481. The summed E-state index contributed by atoms with van der Waals surface area (Å²) in [6.45, 7) is 11.2. The number of carbonyl (C=O) groups excluding carboxylic acids is 1. The molecular weight excluding hydrogens is 468 g/mol. The zero-order chi connectivity index (χ0) is 26.7. The number of aryl methyl sites for hydroxylation is 1. The van der Waals surface area contributed by atoms with Gasteiger partial charge in [-0.2, -0.15) is 4.99 Å². The van der Waals surface area contributed by atoms with Crippen molar-refractivity contribution in [3.05, 3.63) is 59.6 Å². The topological polar surface area (TPSA) is 133 Å². The number of nitrogens with one attached hydrogen (secondary N) is 1. The highest BCUT2D eigenvalue weighted by Gasteiger charge is 2.18. The predicted octanol–water partition coefficient (Wildman–Crippen LogP) is 3.81. The first-order chi connectivity index (χ1) is 17.5. The maximum Gasteiger partial charge on any atom is 0.279 e. The number of hydrogen-bond donors (Lipinski definition) is 3. The molecule has 10 heteroatoms. The van der Waals surface area contributed by atoms with E-state index in [0.29, 0.717) is 22.6 Å². The number of nitrogens with two attached hydrogens (primary N) is 1. The normalized spacial score (nSPS) is 15.8. The molecule has 1 aliphatic rings. The van der Waals surface area contributed by atoms with Crippen LogP contribution in [0.15, 0.2) is 53.5 Å². The van der Waals surface area contributed by atoms with Gasteiger partial charge in [0.25, 0.3) is 5.91 Å². The van der Waals surface area contributed by atoms with Crippen LogP contribution in [0.25, 0.3) is 11.0 Å². The minimum Gasteiger partial charge on any atom is -0.512 e. The first-order valence-corrected chi connectivity index (χ1v) is 12.2. The first kappa shape index (κ1) is 26.0. The molecule has 0 atom stereocenters. The van der Waals surface area contributed by atoms with Crippen molar-refractivity contribution in [1.82, 2.24) is 19.9 Å². The molecular formula is C27H34N8O2. The standard InChI is InChI=1S/C27H34N8O2/c1-17-6-7-18(26(37)32-22(28)15-21(36)27(2,3)4)14-20(17)31-25-24-19(29-16-30-25)8-9-23(33-24)35-12-10-34(5)11-13-35/h6-9,14-16,36H,10-13H2,1-5H3,(H2,28,32,37)(H,29,30,31)/b21-15-. The Morgan fingerprint density at radius 1 is 1.14 bits per heavy atom. The molecule has 1 saturated heterocycles. The van der Waals surface area contributed by atoms with Crippen molar-refractivity contribution in [3.63, 3.8) is 0 Å². The van der Waals surface area contributed by atoms with Gasteiger partial charge in [0.05, 0.1) is 5.52 Å². The van der Waals surface area contributed by atoms with E-state index in [2.05, 4.69) is 37.1 Å². The van der Waals surface area contributed by atoms with Crippen molar-refractivity contribution in [2.24, 2.45) is 16.1 Å². The van der Waals surface area contributed by atoms with Crippen molar-refractivity contribution in [2.45, 2.75) is 27.7 Å². The van der Waals surface area contributed by atoms with Gasteiger partial charge in [-0.05, 0) is 43.8 Å². The zero-order valence-electron chi connectivity index (χ0n) is 22.0. The summed E-state index contributed by atoms with van der Waals surface area (Å²) in [5, 5.41) is 13.5. The quantitative estimate of drug-likeness (QED) is 0.270. The van der Waals surface area contributed by atoms with Crippen LogP contribution in [0.2, 0.25) is 0 Å². The van der Waals surface area contributed by atoms with Crippen LogP contribution < -0.4 is 16.0 Å². The van der Waals surface area contributed by atoms with Crippen LogP contribution in [0, 0.1) is 12.3 Å². The van der Waals surface area contributed by atoms with Crippen molar-refractivity contribution >= 4 is 40.1 Å². The van der Waals surface area contributed by atoms with E-state index in [-0.39, 0.29) is 11.6 Å². The number of likely N-dealkylation sites (N-methyl/N-ethyl adjacent to an activating group) is 1. The lowest BCUT2D eigenvalue weighted by atomic mass is 9.93. The van der Waals surface area contributed by atoms with E-state index >= 15 is 0 Å². The summed E-state index contributed by atoms with van der Waals surface area (Å²) in [4.78, 5) is 35.0. The zero-order valence-corrected chi connectivity index (χ0v) is 22.0. The Balaban J connectivity index is 1.61. The number of fused-ring (bicyclic) bond motifs is 1. The number of aromatic nitrogens is 3. The molecule has 3 heterocycles. The maximum atomic E-state index is 12.8. The van der Waals surface area contributed by atoms with E-state index in [0.717, 1.165) is 43.1 Å². The summed E-state index contributed by atoms with van der Waals surface area (Å²) in [6.07, 6.45) is 2.80. The number of amidine groups is 1. The lowest BCUT2D eigenvalue weighted by Gasteiger charge is -2.33. The minimum atomic E-state index is -0.512. The lowest BCUT2D eigenvalue weighted by molar-refractivity contribution is 0.100. The van der Waals surface area contributed by atoms with Crippen molar-refractivity contribution in [2.75, 3.05) is 43.4 Å². The fraction of sp³-hybridized carbons (Fsp3) is 0.370. The third-order valence-corrected chi connectivity index (χ3v) is 6.32. The SMILES string of the molecule is Cc1ccc(C(=O)N=C(N)/C=C(\O)C(C)(C)C)cc1Nc1ncnc2ccc(N3CCN(C)CC3)nc12. The van der Waals surface area contributed by atoms with E-state index in [1.165, 1.54) is 12.4 Å². The highest BCUT2D eigenvalue weighted by Crippen LogP contribution is 2.27. The van der Waals surface area contributed by atoms with Gasteiger partial charge in [0.15, 0.2) is 5.82 Å². The van der Waals surface area contributed by atoms with E-state index in [9.17, 15) is 9.90 Å². The van der Waals surface area contributed by atoms with Crippen LogP contribution >= 0.6 is 0 Å². The largest absolute Gasteiger partial charge is 0.512 e. The number of amides is 1. The summed E-state index contributed by atoms with van der Waals surface area (Å²) in [5.74, 6) is 0.911. The highest BCUT2D eigenvalue weighted by atomic mass is 16.3. The molecule has 2 aromatic heterocycles. The Kier molecular flexibility index (Phi) is 7.40. The number of aliphatic hydroxyl groups excluding tert-OH is 1. The van der Waals surface area contributed by atoms with Crippen LogP contribution in [0.1, 0.15) is 36.7 Å². The van der Waals surface area contributed by atoms with Crippen LogP contribution in [0.5, 0.6) is 0 Å². The van der Waals surface area contributed by atoms with E-state index in [1.54, 1.807) is 12.1 Å². The molecule has 194 valence electrons. The molecule has 4 rings (SSSR count). The van der Waals surface area contributed by atoms with Gasteiger partial charge in [-0.1, -0.05) is 26.8 Å². The van der Waals surface area contributed by atoms with Gasteiger partial charge in [0.2, 0.25) is 0 Å². The van der Waals surface area contributed by atoms with Gasteiger partial charge < -0.3 is 26.0 Å². The Hall–Kier alpha value is -4.05. The summed E-state index contributed by atoms with van der Waals surface area (Å²) in [7, 11) is 2.12. The number of benzene rings is 1. The van der Waals surface area contributed by atoms with Gasteiger partial charge >= 0.3 is 0 Å². The molecule has 0 spiro atoms. The van der Waals surface area contributed by atoms with Gasteiger partial charge in [-0.25, -0.2) is 15.0 Å². The molecule has 4 N–H and O–H groups in total. The number of carbonyl (C=O) groups is 1. The second kappa shape index (κ2) is 10.5. The second-order valence-electron chi connectivity index (χ2n) is 10.3. The average molecular weight is 503 g/mol. The van der Waals surface area contributed by atoms with Crippen LogP contribution in [-0.2, 0) is 0 Å². The number of anilines is 3. The Morgan fingerprint density at radius 2 is 1.86 bits per heavy atom. The number of hydrogen-bond acceptors (Lipinski definition) is 8. The van der Waals surface area contributed by atoms with Gasteiger partial charge in [-0.15, -0.1) is 0 Å². The predicted molar refractivity (Wildman–Crippen MR) is 148 cm³/mol. The van der Waals surface area contributed by atoms with Crippen molar-refractivity contribution in [3.8, 4) is 0 Å². The van der Waals surface area contributed by atoms with Gasteiger partial charge in [0.1, 0.15) is 29.3 Å². The molecule has 3 aromatic rings. The number of piperazine rings is 1. The number of aliphatic imine (C=N–C) groups is 1. The number of nitrogens with zero attached hydrogens (tertiary/aromatic N) is 6. The maximum absolute atomic E-state index is 12.8. The van der Waals surface area contributed by atoms with Crippen LogP contribution in [0.3, 0.4) is 0 Å². The van der Waals surface area contributed by atoms with Gasteiger partial charge in [-0.3, -0.25) is 4.79 Å². The molecule has 10 nitrogen and oxygen atoms in total. The molecule has 0 saturated carbocycles. The number of aliphatic hydroxyl groups is 1. The molecule has 0 bridgehead atoms. The molecule has 0 unspecified atom stereocenters. The molecule has 1 fully saturated rings. The van der Waals surface area contributed by atoms with Gasteiger partial charge in [0, 0.05) is 48.9 Å². The number of allylic oxidation sites excluding steroid dienone is 1. The van der Waals surface area contributed by atoms with E-state index in [4.69, 9.17) is 10.7 Å².